The van der Waals surface area contributed by atoms with Gasteiger partial charge in [0.05, 0.1) is 0 Å². The van der Waals surface area contributed by atoms with E-state index in [2.05, 4.69) is 18.7 Å². The summed E-state index contributed by atoms with van der Waals surface area (Å²) in [4.78, 5) is 14.2. The van der Waals surface area contributed by atoms with Gasteiger partial charge in [0, 0.05) is 17.5 Å². The second kappa shape index (κ2) is 8.06. The smallest absolute Gasteiger partial charge is 0.328 e. The van der Waals surface area contributed by atoms with Crippen molar-refractivity contribution >= 4 is 23.4 Å². The number of rotatable bonds is 8. The standard InChI is InChI=1S/C14H21NO2S/c1-3-8-15(9-4-2)11-13-12(7-10-18-13)5-6-14(16)17/h5-7,10H,3-4,8-9,11H2,1-2H3,(H,16,17)/b6-5+. The van der Waals surface area contributed by atoms with Crippen LogP contribution in [0.2, 0.25) is 0 Å². The molecular formula is C14H21NO2S. The lowest BCUT2D eigenvalue weighted by Gasteiger charge is -2.20. The lowest BCUT2D eigenvalue weighted by Crippen LogP contribution is -2.24. The van der Waals surface area contributed by atoms with Crippen LogP contribution in [0.15, 0.2) is 17.5 Å². The number of aliphatic carboxylic acids is 1. The third kappa shape index (κ3) is 5.02. The molecular weight excluding hydrogens is 246 g/mol. The second-order valence-corrected chi connectivity index (χ2v) is 5.25. The lowest BCUT2D eigenvalue weighted by atomic mass is 10.2. The summed E-state index contributed by atoms with van der Waals surface area (Å²) in [7, 11) is 0. The Labute approximate surface area is 113 Å². The molecule has 0 aliphatic carbocycles. The van der Waals surface area contributed by atoms with Crippen LogP contribution in [0, 0.1) is 0 Å². The fraction of sp³-hybridized carbons (Fsp3) is 0.500. The molecule has 1 rings (SSSR count). The van der Waals surface area contributed by atoms with E-state index in [0.717, 1.165) is 38.0 Å². The highest BCUT2D eigenvalue weighted by Crippen LogP contribution is 2.20. The van der Waals surface area contributed by atoms with Gasteiger partial charge in [-0.15, -0.1) is 11.3 Å². The van der Waals surface area contributed by atoms with Crippen molar-refractivity contribution in [1.82, 2.24) is 4.90 Å². The van der Waals surface area contributed by atoms with Gasteiger partial charge in [-0.05, 0) is 49.0 Å². The molecule has 1 aromatic rings. The molecule has 0 unspecified atom stereocenters. The number of carboxylic acid groups (broad SMARTS) is 1. The summed E-state index contributed by atoms with van der Waals surface area (Å²) in [6.07, 6.45) is 5.18. The fourth-order valence-electron chi connectivity index (χ4n) is 1.89. The van der Waals surface area contributed by atoms with Crippen molar-refractivity contribution in [2.75, 3.05) is 13.1 Å². The monoisotopic (exact) mass is 267 g/mol. The summed E-state index contributed by atoms with van der Waals surface area (Å²) in [5.41, 5.74) is 1.03. The van der Waals surface area contributed by atoms with E-state index in [1.165, 1.54) is 11.0 Å². The third-order valence-corrected chi connectivity index (χ3v) is 3.55. The molecule has 0 amide bonds. The molecule has 0 saturated heterocycles. The maximum absolute atomic E-state index is 10.5. The zero-order valence-electron chi connectivity index (χ0n) is 11.1. The van der Waals surface area contributed by atoms with Crippen LogP contribution in [-0.4, -0.2) is 29.1 Å². The average molecular weight is 267 g/mol. The van der Waals surface area contributed by atoms with E-state index in [0.29, 0.717) is 0 Å². The summed E-state index contributed by atoms with van der Waals surface area (Å²) in [5.74, 6) is -0.897. The quantitative estimate of drug-likeness (QED) is 0.733. The predicted octanol–water partition coefficient (Wildman–Crippen LogP) is 3.47. The zero-order valence-corrected chi connectivity index (χ0v) is 11.9. The van der Waals surface area contributed by atoms with E-state index in [1.54, 1.807) is 17.4 Å². The summed E-state index contributed by atoms with van der Waals surface area (Å²) in [6, 6.07) is 1.98. The van der Waals surface area contributed by atoms with Crippen LogP contribution >= 0.6 is 11.3 Å². The number of hydrogen-bond donors (Lipinski definition) is 1. The Morgan fingerprint density at radius 3 is 2.61 bits per heavy atom. The Kier molecular flexibility index (Phi) is 6.68. The molecule has 0 radical (unpaired) electrons. The van der Waals surface area contributed by atoms with Crippen molar-refractivity contribution < 1.29 is 9.90 Å². The van der Waals surface area contributed by atoms with Crippen molar-refractivity contribution in [2.45, 2.75) is 33.2 Å². The number of thiophene rings is 1. The molecule has 0 aromatic carbocycles. The number of nitrogens with zero attached hydrogens (tertiary/aromatic N) is 1. The molecule has 0 aliphatic rings. The van der Waals surface area contributed by atoms with Crippen molar-refractivity contribution in [3.05, 3.63) is 28.0 Å². The first kappa shape index (κ1) is 14.9. The van der Waals surface area contributed by atoms with Gasteiger partial charge in [0.15, 0.2) is 0 Å². The van der Waals surface area contributed by atoms with E-state index in [4.69, 9.17) is 5.11 Å². The minimum Gasteiger partial charge on any atom is -0.478 e. The van der Waals surface area contributed by atoms with Gasteiger partial charge in [0.25, 0.3) is 0 Å². The third-order valence-electron chi connectivity index (χ3n) is 2.63. The minimum absolute atomic E-state index is 0.897. The SMILES string of the molecule is CCCN(CCC)Cc1sccc1/C=C/C(=O)O. The highest BCUT2D eigenvalue weighted by atomic mass is 32.1. The largest absolute Gasteiger partial charge is 0.478 e. The van der Waals surface area contributed by atoms with E-state index in [-0.39, 0.29) is 0 Å². The van der Waals surface area contributed by atoms with Crippen molar-refractivity contribution in [3.8, 4) is 0 Å². The van der Waals surface area contributed by atoms with Gasteiger partial charge in [-0.2, -0.15) is 0 Å². The van der Waals surface area contributed by atoms with E-state index >= 15 is 0 Å². The average Bonchev–Trinajstić information content (AvgIpc) is 2.74. The summed E-state index contributed by atoms with van der Waals surface area (Å²) < 4.78 is 0. The van der Waals surface area contributed by atoms with Gasteiger partial charge >= 0.3 is 5.97 Å². The first-order valence-corrected chi connectivity index (χ1v) is 7.25. The van der Waals surface area contributed by atoms with Crippen molar-refractivity contribution in [1.29, 1.82) is 0 Å². The number of hydrogen-bond acceptors (Lipinski definition) is 3. The van der Waals surface area contributed by atoms with Gasteiger partial charge in [0.2, 0.25) is 0 Å². The van der Waals surface area contributed by atoms with Gasteiger partial charge in [0.1, 0.15) is 0 Å². The highest BCUT2D eigenvalue weighted by molar-refractivity contribution is 7.10. The first-order chi connectivity index (χ1) is 8.67. The van der Waals surface area contributed by atoms with Crippen molar-refractivity contribution in [2.24, 2.45) is 0 Å². The predicted molar refractivity (Wildman–Crippen MR) is 76.8 cm³/mol. The van der Waals surface area contributed by atoms with Crippen LogP contribution in [0.3, 0.4) is 0 Å². The summed E-state index contributed by atoms with van der Waals surface area (Å²) in [6.45, 7) is 7.46. The molecule has 4 heteroatoms. The highest BCUT2D eigenvalue weighted by Gasteiger charge is 2.08. The van der Waals surface area contributed by atoms with E-state index < -0.39 is 5.97 Å². The molecule has 0 fully saturated rings. The van der Waals surface area contributed by atoms with Gasteiger partial charge in [-0.3, -0.25) is 4.90 Å². The van der Waals surface area contributed by atoms with E-state index in [9.17, 15) is 4.79 Å². The van der Waals surface area contributed by atoms with Crippen LogP contribution in [-0.2, 0) is 11.3 Å². The Hall–Kier alpha value is -1.13. The topological polar surface area (TPSA) is 40.5 Å². The normalized spacial score (nSPS) is 11.5. The molecule has 1 aromatic heterocycles. The van der Waals surface area contributed by atoms with Crippen LogP contribution < -0.4 is 0 Å². The van der Waals surface area contributed by atoms with Gasteiger partial charge < -0.3 is 5.11 Å². The Morgan fingerprint density at radius 1 is 1.39 bits per heavy atom. The van der Waals surface area contributed by atoms with Crippen LogP contribution in [0.5, 0.6) is 0 Å². The molecule has 18 heavy (non-hydrogen) atoms. The van der Waals surface area contributed by atoms with Crippen molar-refractivity contribution in [3.63, 3.8) is 0 Å². The minimum atomic E-state index is -0.897. The molecule has 0 bridgehead atoms. The first-order valence-electron chi connectivity index (χ1n) is 6.37. The Bertz CT molecular complexity index is 392. The summed E-state index contributed by atoms with van der Waals surface area (Å²) >= 11 is 1.70. The van der Waals surface area contributed by atoms with Crippen LogP contribution in [0.4, 0.5) is 0 Å². The second-order valence-electron chi connectivity index (χ2n) is 4.25. The molecule has 0 saturated carbocycles. The molecule has 0 spiro atoms. The molecule has 100 valence electrons. The van der Waals surface area contributed by atoms with Crippen LogP contribution in [0.1, 0.15) is 37.1 Å². The summed E-state index contributed by atoms with van der Waals surface area (Å²) in [5, 5.41) is 10.7. The van der Waals surface area contributed by atoms with Gasteiger partial charge in [-0.1, -0.05) is 13.8 Å². The molecule has 1 N–H and O–H groups in total. The zero-order chi connectivity index (χ0) is 13.4. The lowest BCUT2D eigenvalue weighted by molar-refractivity contribution is -0.131. The number of carboxylic acids is 1. The molecule has 0 atom stereocenters. The molecule has 1 heterocycles. The Morgan fingerprint density at radius 2 is 2.06 bits per heavy atom. The molecule has 0 aliphatic heterocycles. The fourth-order valence-corrected chi connectivity index (χ4v) is 2.80. The number of carbonyl (C=O) groups is 1. The Balaban J connectivity index is 2.70. The van der Waals surface area contributed by atoms with Gasteiger partial charge in [-0.25, -0.2) is 4.79 Å². The maximum Gasteiger partial charge on any atom is 0.328 e. The van der Waals surface area contributed by atoms with Crippen LogP contribution in [0.25, 0.3) is 6.08 Å². The van der Waals surface area contributed by atoms with E-state index in [1.807, 2.05) is 11.4 Å². The maximum atomic E-state index is 10.5. The molecule has 3 nitrogen and oxygen atoms in total.